The van der Waals surface area contributed by atoms with Gasteiger partial charge in [-0.25, -0.2) is 0 Å². The van der Waals surface area contributed by atoms with Crippen molar-refractivity contribution in [3.05, 3.63) is 0 Å². The van der Waals surface area contributed by atoms with Gasteiger partial charge in [0, 0.05) is 5.92 Å². The Morgan fingerprint density at radius 2 is 2.17 bits per heavy atom. The molecular weight excluding hydrogens is 152 g/mol. The van der Waals surface area contributed by atoms with Crippen molar-refractivity contribution in [2.24, 2.45) is 11.8 Å². The van der Waals surface area contributed by atoms with Crippen LogP contribution in [0.1, 0.15) is 39.0 Å². The van der Waals surface area contributed by atoms with Crippen molar-refractivity contribution in [1.82, 2.24) is 0 Å². The Kier molecular flexibility index (Phi) is 2.07. The fourth-order valence-corrected chi connectivity index (χ4v) is 2.61. The van der Waals surface area contributed by atoms with E-state index < -0.39 is 0 Å². The zero-order valence-corrected chi connectivity index (χ0v) is 7.58. The molecule has 68 valence electrons. The number of ether oxygens (including phenoxy) is 1. The summed E-state index contributed by atoms with van der Waals surface area (Å²) in [4.78, 5) is 11.4. The van der Waals surface area contributed by atoms with Crippen molar-refractivity contribution < 1.29 is 9.53 Å². The number of cyclic esters (lactones) is 1. The zero-order valence-electron chi connectivity index (χ0n) is 7.58. The van der Waals surface area contributed by atoms with Crippen LogP contribution >= 0.6 is 0 Å². The molecule has 2 heteroatoms. The average Bonchev–Trinajstić information content (AvgIpc) is 2.44. The van der Waals surface area contributed by atoms with Crippen molar-refractivity contribution in [2.75, 3.05) is 0 Å². The molecule has 2 rings (SSSR count). The van der Waals surface area contributed by atoms with Crippen LogP contribution in [0.25, 0.3) is 0 Å². The topological polar surface area (TPSA) is 26.3 Å². The van der Waals surface area contributed by atoms with Crippen LogP contribution in [0.3, 0.4) is 0 Å². The van der Waals surface area contributed by atoms with Gasteiger partial charge in [0.05, 0.1) is 5.92 Å². The molecule has 0 aromatic heterocycles. The fraction of sp³-hybridized carbons (Fsp3) is 0.900. The molecule has 0 spiro atoms. The number of esters is 1. The lowest BCUT2D eigenvalue weighted by atomic mass is 9.78. The highest BCUT2D eigenvalue weighted by atomic mass is 16.6. The van der Waals surface area contributed by atoms with Crippen molar-refractivity contribution >= 4 is 5.97 Å². The van der Waals surface area contributed by atoms with Crippen molar-refractivity contribution in [1.29, 1.82) is 0 Å². The van der Waals surface area contributed by atoms with E-state index in [9.17, 15) is 4.79 Å². The standard InChI is InChI=1S/C10H16O2/c1-2-9-7-5-3-4-6-8(7)10(11)12-9/h7-9H,2-6H2,1H3/t7-,8+,9-/m1/s1. The minimum absolute atomic E-state index is 0.0755. The van der Waals surface area contributed by atoms with Crippen LogP contribution in [0, 0.1) is 11.8 Å². The molecule has 0 aromatic carbocycles. The first-order valence-corrected chi connectivity index (χ1v) is 5.03. The Hall–Kier alpha value is -0.530. The summed E-state index contributed by atoms with van der Waals surface area (Å²) in [6.45, 7) is 2.11. The van der Waals surface area contributed by atoms with E-state index in [4.69, 9.17) is 4.74 Å². The zero-order chi connectivity index (χ0) is 8.55. The van der Waals surface area contributed by atoms with Crippen LogP contribution in [0.4, 0.5) is 0 Å². The first kappa shape index (κ1) is 8.09. The molecule has 0 unspecified atom stereocenters. The first-order valence-electron chi connectivity index (χ1n) is 5.03. The van der Waals surface area contributed by atoms with Gasteiger partial charge >= 0.3 is 5.97 Å². The van der Waals surface area contributed by atoms with Crippen LogP contribution in [0.5, 0.6) is 0 Å². The summed E-state index contributed by atoms with van der Waals surface area (Å²) in [6.07, 6.45) is 6.01. The highest BCUT2D eigenvalue weighted by Gasteiger charge is 2.44. The second kappa shape index (κ2) is 3.08. The van der Waals surface area contributed by atoms with Crippen molar-refractivity contribution in [3.63, 3.8) is 0 Å². The molecule has 1 saturated heterocycles. The summed E-state index contributed by atoms with van der Waals surface area (Å²) in [7, 11) is 0. The second-order valence-corrected chi connectivity index (χ2v) is 3.94. The summed E-state index contributed by atoms with van der Waals surface area (Å²) >= 11 is 0. The predicted octanol–water partition coefficient (Wildman–Crippen LogP) is 2.13. The van der Waals surface area contributed by atoms with E-state index >= 15 is 0 Å². The predicted molar refractivity (Wildman–Crippen MR) is 45.6 cm³/mol. The van der Waals surface area contributed by atoms with E-state index in [1.54, 1.807) is 0 Å². The second-order valence-electron chi connectivity index (χ2n) is 3.94. The molecule has 1 aliphatic heterocycles. The normalized spacial score (nSPS) is 40.8. The highest BCUT2D eigenvalue weighted by molar-refractivity contribution is 5.75. The smallest absolute Gasteiger partial charge is 0.309 e. The molecule has 1 saturated carbocycles. The largest absolute Gasteiger partial charge is 0.462 e. The van der Waals surface area contributed by atoms with E-state index in [-0.39, 0.29) is 18.0 Å². The Labute approximate surface area is 73.3 Å². The minimum atomic E-state index is 0.0755. The van der Waals surface area contributed by atoms with Gasteiger partial charge in [-0.05, 0) is 19.3 Å². The molecule has 0 aromatic rings. The van der Waals surface area contributed by atoms with E-state index in [2.05, 4.69) is 6.92 Å². The van der Waals surface area contributed by atoms with Gasteiger partial charge in [-0.1, -0.05) is 19.8 Å². The quantitative estimate of drug-likeness (QED) is 0.561. The molecule has 2 nitrogen and oxygen atoms in total. The van der Waals surface area contributed by atoms with Gasteiger partial charge < -0.3 is 4.74 Å². The lowest BCUT2D eigenvalue weighted by Gasteiger charge is -2.23. The maximum Gasteiger partial charge on any atom is 0.309 e. The van der Waals surface area contributed by atoms with E-state index in [0.29, 0.717) is 5.92 Å². The third-order valence-corrected chi connectivity index (χ3v) is 3.27. The van der Waals surface area contributed by atoms with E-state index in [0.717, 1.165) is 12.8 Å². The van der Waals surface area contributed by atoms with Crippen LogP contribution in [-0.2, 0) is 9.53 Å². The minimum Gasteiger partial charge on any atom is -0.462 e. The van der Waals surface area contributed by atoms with Gasteiger partial charge in [-0.3, -0.25) is 4.79 Å². The highest BCUT2D eigenvalue weighted by Crippen LogP contribution is 2.40. The lowest BCUT2D eigenvalue weighted by molar-refractivity contribution is -0.144. The molecule has 12 heavy (non-hydrogen) atoms. The van der Waals surface area contributed by atoms with Crippen LogP contribution in [-0.4, -0.2) is 12.1 Å². The molecule has 1 heterocycles. The lowest BCUT2D eigenvalue weighted by Crippen LogP contribution is -2.23. The number of carbonyl (C=O) groups is 1. The van der Waals surface area contributed by atoms with Gasteiger partial charge in [0.15, 0.2) is 0 Å². The summed E-state index contributed by atoms with van der Waals surface area (Å²) in [6, 6.07) is 0. The summed E-state index contributed by atoms with van der Waals surface area (Å²) in [5.41, 5.74) is 0. The number of hydrogen-bond acceptors (Lipinski definition) is 2. The van der Waals surface area contributed by atoms with Gasteiger partial charge in [-0.2, -0.15) is 0 Å². The molecule has 0 bridgehead atoms. The Bertz CT molecular complexity index is 188. The molecule has 0 radical (unpaired) electrons. The summed E-state index contributed by atoms with van der Waals surface area (Å²) in [5, 5.41) is 0. The van der Waals surface area contributed by atoms with Crippen LogP contribution < -0.4 is 0 Å². The first-order chi connectivity index (χ1) is 5.83. The maximum atomic E-state index is 11.4. The van der Waals surface area contributed by atoms with Crippen molar-refractivity contribution in [3.8, 4) is 0 Å². The van der Waals surface area contributed by atoms with Crippen LogP contribution in [0.2, 0.25) is 0 Å². The monoisotopic (exact) mass is 168 g/mol. The van der Waals surface area contributed by atoms with Gasteiger partial charge in [0.25, 0.3) is 0 Å². The number of rotatable bonds is 1. The SMILES string of the molecule is CC[C@H]1OC(=O)[C@H]2CCCC[C@H]21. The number of fused-ring (bicyclic) bond motifs is 1. The maximum absolute atomic E-state index is 11.4. The molecule has 2 aliphatic rings. The summed E-state index contributed by atoms with van der Waals surface area (Å²) < 4.78 is 5.32. The van der Waals surface area contributed by atoms with E-state index in [1.807, 2.05) is 0 Å². The summed E-state index contributed by atoms with van der Waals surface area (Å²) in [5.74, 6) is 0.881. The van der Waals surface area contributed by atoms with Gasteiger partial charge in [0.2, 0.25) is 0 Å². The molecule has 0 N–H and O–H groups in total. The molecule has 2 fully saturated rings. The Morgan fingerprint density at radius 3 is 2.92 bits per heavy atom. The van der Waals surface area contributed by atoms with Gasteiger partial charge in [-0.15, -0.1) is 0 Å². The Balaban J connectivity index is 2.10. The fourth-order valence-electron chi connectivity index (χ4n) is 2.61. The molecular formula is C10H16O2. The van der Waals surface area contributed by atoms with E-state index in [1.165, 1.54) is 19.3 Å². The van der Waals surface area contributed by atoms with Crippen molar-refractivity contribution in [2.45, 2.75) is 45.1 Å². The van der Waals surface area contributed by atoms with Gasteiger partial charge in [0.1, 0.15) is 6.10 Å². The third-order valence-electron chi connectivity index (χ3n) is 3.27. The average molecular weight is 168 g/mol. The number of hydrogen-bond donors (Lipinski definition) is 0. The van der Waals surface area contributed by atoms with Crippen LogP contribution in [0.15, 0.2) is 0 Å². The molecule has 3 atom stereocenters. The third kappa shape index (κ3) is 1.13. The molecule has 0 amide bonds. The Morgan fingerprint density at radius 1 is 1.42 bits per heavy atom. The number of carbonyl (C=O) groups excluding carboxylic acids is 1. The molecule has 1 aliphatic carbocycles.